The number of hydrogen-bond donors (Lipinski definition) is 2. The molecule has 0 bridgehead atoms. The van der Waals surface area contributed by atoms with Gasteiger partial charge in [-0.15, -0.1) is 0 Å². The fraction of sp³-hybridized carbons (Fsp3) is 0.500. The van der Waals surface area contributed by atoms with Crippen molar-refractivity contribution in [3.05, 3.63) is 29.6 Å². The molecule has 0 fully saturated rings. The highest BCUT2D eigenvalue weighted by molar-refractivity contribution is 5.36. The largest absolute Gasteiger partial charge is 0.496 e. The van der Waals surface area contributed by atoms with Gasteiger partial charge < -0.3 is 15.2 Å². The summed E-state index contributed by atoms with van der Waals surface area (Å²) in [6, 6.07) is 3.98. The minimum atomic E-state index is -0.786. The lowest BCUT2D eigenvalue weighted by Crippen LogP contribution is -2.32. The molecule has 0 heterocycles. The number of halogens is 1. The predicted molar refractivity (Wildman–Crippen MR) is 61.1 cm³/mol. The second kappa shape index (κ2) is 5.82. The zero-order valence-electron chi connectivity index (χ0n) is 9.83. The molecule has 0 aliphatic carbocycles. The van der Waals surface area contributed by atoms with Crippen LogP contribution >= 0.6 is 0 Å². The molecule has 4 heteroatoms. The molecule has 0 aliphatic rings. The highest BCUT2D eigenvalue weighted by Gasteiger charge is 2.19. The van der Waals surface area contributed by atoms with E-state index < -0.39 is 6.10 Å². The van der Waals surface area contributed by atoms with E-state index in [1.807, 2.05) is 13.8 Å². The fourth-order valence-electron chi connectivity index (χ4n) is 1.64. The van der Waals surface area contributed by atoms with Gasteiger partial charge in [0.2, 0.25) is 0 Å². The van der Waals surface area contributed by atoms with Crippen LogP contribution in [0, 0.1) is 5.82 Å². The van der Waals surface area contributed by atoms with Crippen LogP contribution in [0.5, 0.6) is 5.75 Å². The van der Waals surface area contributed by atoms with Crippen LogP contribution in [0.2, 0.25) is 0 Å². The summed E-state index contributed by atoms with van der Waals surface area (Å²) in [6.07, 6.45) is -0.786. The molecule has 3 nitrogen and oxygen atoms in total. The minimum absolute atomic E-state index is 0.152. The first kappa shape index (κ1) is 12.9. The number of methoxy groups -OCH3 is 1. The van der Waals surface area contributed by atoms with Crippen LogP contribution in [0.3, 0.4) is 0 Å². The van der Waals surface area contributed by atoms with Crippen molar-refractivity contribution in [2.24, 2.45) is 0 Å². The summed E-state index contributed by atoms with van der Waals surface area (Å²) in [5, 5.41) is 13.1. The monoisotopic (exact) mass is 227 g/mol. The number of likely N-dealkylation sites (N-methyl/N-ethyl adjacent to an activating group) is 1. The molecule has 2 atom stereocenters. The normalized spacial score (nSPS) is 14.6. The number of aliphatic hydroxyl groups is 1. The van der Waals surface area contributed by atoms with Crippen molar-refractivity contribution in [2.75, 3.05) is 13.7 Å². The lowest BCUT2D eigenvalue weighted by molar-refractivity contribution is 0.133. The van der Waals surface area contributed by atoms with Gasteiger partial charge in [0.1, 0.15) is 11.6 Å². The fourth-order valence-corrected chi connectivity index (χ4v) is 1.64. The highest BCUT2D eigenvalue weighted by atomic mass is 19.1. The van der Waals surface area contributed by atoms with Crippen LogP contribution in [-0.4, -0.2) is 24.8 Å². The lowest BCUT2D eigenvalue weighted by Gasteiger charge is -2.21. The smallest absolute Gasteiger partial charge is 0.124 e. The Bertz CT molecular complexity index is 344. The molecule has 0 aliphatic heterocycles. The van der Waals surface area contributed by atoms with E-state index in [0.29, 0.717) is 11.3 Å². The van der Waals surface area contributed by atoms with Gasteiger partial charge >= 0.3 is 0 Å². The van der Waals surface area contributed by atoms with Crippen LogP contribution in [0.4, 0.5) is 4.39 Å². The van der Waals surface area contributed by atoms with Crippen LogP contribution in [0.1, 0.15) is 25.5 Å². The third-order valence-corrected chi connectivity index (χ3v) is 2.51. The van der Waals surface area contributed by atoms with E-state index in [1.165, 1.54) is 25.3 Å². The van der Waals surface area contributed by atoms with Gasteiger partial charge in [0.15, 0.2) is 0 Å². The molecule has 0 aromatic heterocycles. The Morgan fingerprint density at radius 3 is 2.75 bits per heavy atom. The third-order valence-electron chi connectivity index (χ3n) is 2.51. The number of hydrogen-bond acceptors (Lipinski definition) is 3. The Labute approximate surface area is 95.2 Å². The van der Waals surface area contributed by atoms with Crippen molar-refractivity contribution in [2.45, 2.75) is 26.0 Å². The van der Waals surface area contributed by atoms with Crippen molar-refractivity contribution < 1.29 is 14.2 Å². The molecule has 1 rings (SSSR count). The van der Waals surface area contributed by atoms with E-state index in [2.05, 4.69) is 5.32 Å². The standard InChI is InChI=1S/C12H18FNO2/c1-4-14-8(2)12(15)10-7-9(13)5-6-11(10)16-3/h5-8,12,14-15H,4H2,1-3H3. The SMILES string of the molecule is CCNC(C)C(O)c1cc(F)ccc1OC. The molecular formula is C12H18FNO2. The average Bonchev–Trinajstić information content (AvgIpc) is 2.28. The zero-order valence-corrected chi connectivity index (χ0v) is 9.83. The van der Waals surface area contributed by atoms with E-state index >= 15 is 0 Å². The van der Waals surface area contributed by atoms with Crippen LogP contribution in [-0.2, 0) is 0 Å². The van der Waals surface area contributed by atoms with Crippen LogP contribution in [0.15, 0.2) is 18.2 Å². The Balaban J connectivity index is 2.96. The molecule has 0 radical (unpaired) electrons. The van der Waals surface area contributed by atoms with Crippen LogP contribution < -0.4 is 10.1 Å². The molecule has 2 N–H and O–H groups in total. The maximum absolute atomic E-state index is 13.1. The molecule has 1 aromatic rings. The summed E-state index contributed by atoms with van der Waals surface area (Å²) in [5.41, 5.74) is 0.468. The van der Waals surface area contributed by atoms with E-state index in [1.54, 1.807) is 0 Å². The summed E-state index contributed by atoms with van der Waals surface area (Å²) < 4.78 is 18.2. The third kappa shape index (κ3) is 2.93. The van der Waals surface area contributed by atoms with E-state index in [4.69, 9.17) is 4.74 Å². The van der Waals surface area contributed by atoms with E-state index in [0.717, 1.165) is 6.54 Å². The number of nitrogens with one attached hydrogen (secondary N) is 1. The van der Waals surface area contributed by atoms with Gasteiger partial charge in [-0.25, -0.2) is 4.39 Å². The van der Waals surface area contributed by atoms with E-state index in [-0.39, 0.29) is 11.9 Å². The summed E-state index contributed by atoms with van der Waals surface area (Å²) in [5.74, 6) is 0.122. The van der Waals surface area contributed by atoms with Gasteiger partial charge in [-0.1, -0.05) is 6.92 Å². The van der Waals surface area contributed by atoms with Crippen molar-refractivity contribution >= 4 is 0 Å². The first-order valence-electron chi connectivity index (χ1n) is 5.35. The second-order valence-electron chi connectivity index (χ2n) is 3.68. The molecule has 16 heavy (non-hydrogen) atoms. The maximum atomic E-state index is 13.1. The Morgan fingerprint density at radius 1 is 1.50 bits per heavy atom. The number of ether oxygens (including phenoxy) is 1. The molecule has 2 unspecified atom stereocenters. The molecular weight excluding hydrogens is 209 g/mol. The van der Waals surface area contributed by atoms with Gasteiger partial charge in [0.05, 0.1) is 13.2 Å². The highest BCUT2D eigenvalue weighted by Crippen LogP contribution is 2.27. The average molecular weight is 227 g/mol. The Hall–Kier alpha value is -1.13. The predicted octanol–water partition coefficient (Wildman–Crippen LogP) is 1.87. The van der Waals surface area contributed by atoms with Gasteiger partial charge in [0, 0.05) is 11.6 Å². The second-order valence-corrected chi connectivity index (χ2v) is 3.68. The number of benzene rings is 1. The molecule has 0 saturated heterocycles. The molecule has 0 spiro atoms. The van der Waals surface area contributed by atoms with Crippen molar-refractivity contribution in [3.63, 3.8) is 0 Å². The summed E-state index contributed by atoms with van der Waals surface area (Å²) in [7, 11) is 1.50. The number of aliphatic hydroxyl groups excluding tert-OH is 1. The maximum Gasteiger partial charge on any atom is 0.124 e. The van der Waals surface area contributed by atoms with Crippen LogP contribution in [0.25, 0.3) is 0 Å². The summed E-state index contributed by atoms with van der Waals surface area (Å²) >= 11 is 0. The molecule has 0 saturated carbocycles. The topological polar surface area (TPSA) is 41.5 Å². The summed E-state index contributed by atoms with van der Waals surface area (Å²) in [6.45, 7) is 4.54. The van der Waals surface area contributed by atoms with Gasteiger partial charge in [-0.2, -0.15) is 0 Å². The number of rotatable bonds is 5. The molecule has 90 valence electrons. The lowest BCUT2D eigenvalue weighted by atomic mass is 10.0. The molecule has 1 aromatic carbocycles. The van der Waals surface area contributed by atoms with Crippen molar-refractivity contribution in [1.82, 2.24) is 5.32 Å². The van der Waals surface area contributed by atoms with E-state index in [9.17, 15) is 9.50 Å². The molecule has 0 amide bonds. The van der Waals surface area contributed by atoms with Gasteiger partial charge in [-0.05, 0) is 31.7 Å². The quantitative estimate of drug-likeness (QED) is 0.806. The Morgan fingerprint density at radius 2 is 2.19 bits per heavy atom. The van der Waals surface area contributed by atoms with Gasteiger partial charge in [-0.3, -0.25) is 0 Å². The first-order valence-corrected chi connectivity index (χ1v) is 5.35. The first-order chi connectivity index (χ1) is 7.60. The van der Waals surface area contributed by atoms with Gasteiger partial charge in [0.25, 0.3) is 0 Å². The van der Waals surface area contributed by atoms with Crippen molar-refractivity contribution in [3.8, 4) is 5.75 Å². The van der Waals surface area contributed by atoms with Crippen molar-refractivity contribution in [1.29, 1.82) is 0 Å². The summed E-state index contributed by atoms with van der Waals surface area (Å²) in [4.78, 5) is 0. The minimum Gasteiger partial charge on any atom is -0.496 e. The Kier molecular flexibility index (Phi) is 4.71. The zero-order chi connectivity index (χ0) is 12.1.